The number of nitrogens with zero attached hydrogens (tertiary/aromatic N) is 1. The number of hydrogen-bond acceptors (Lipinski definition) is 3. The summed E-state index contributed by atoms with van der Waals surface area (Å²) in [6.07, 6.45) is 6.55. The van der Waals surface area contributed by atoms with Gasteiger partial charge in [0.15, 0.2) is 0 Å². The van der Waals surface area contributed by atoms with Gasteiger partial charge in [0.2, 0.25) is 11.8 Å². The summed E-state index contributed by atoms with van der Waals surface area (Å²) in [5, 5.41) is 2.67. The standard InChI is InChI=1S/C14H27N3O2/c1-16-14(19)12-7-6-10-17(11-12)13(18)8-4-2-3-5-9-15/h12H,2-11,15H2,1H3,(H,16,19). The van der Waals surface area contributed by atoms with E-state index in [2.05, 4.69) is 5.32 Å². The number of amides is 2. The number of hydrogen-bond donors (Lipinski definition) is 2. The smallest absolute Gasteiger partial charge is 0.224 e. The van der Waals surface area contributed by atoms with Crippen molar-refractivity contribution < 1.29 is 9.59 Å². The van der Waals surface area contributed by atoms with Crippen LogP contribution in [0.1, 0.15) is 44.9 Å². The van der Waals surface area contributed by atoms with Crippen molar-refractivity contribution in [1.82, 2.24) is 10.2 Å². The molecular formula is C14H27N3O2. The number of nitrogens with one attached hydrogen (secondary N) is 1. The van der Waals surface area contributed by atoms with E-state index in [9.17, 15) is 9.59 Å². The third kappa shape index (κ3) is 5.59. The van der Waals surface area contributed by atoms with Crippen molar-refractivity contribution in [3.63, 3.8) is 0 Å². The molecule has 0 aliphatic carbocycles. The second-order valence-corrected chi connectivity index (χ2v) is 5.25. The zero-order valence-corrected chi connectivity index (χ0v) is 12.0. The Morgan fingerprint density at radius 1 is 1.26 bits per heavy atom. The van der Waals surface area contributed by atoms with Crippen molar-refractivity contribution in [2.45, 2.75) is 44.9 Å². The molecule has 0 aromatic rings. The van der Waals surface area contributed by atoms with Gasteiger partial charge < -0.3 is 16.0 Å². The average Bonchev–Trinajstić information content (AvgIpc) is 2.46. The number of unbranched alkanes of at least 4 members (excludes halogenated alkanes) is 3. The van der Waals surface area contributed by atoms with Gasteiger partial charge in [-0.15, -0.1) is 0 Å². The van der Waals surface area contributed by atoms with Gasteiger partial charge in [-0.05, 0) is 32.2 Å². The molecule has 0 radical (unpaired) electrons. The third-order valence-corrected chi connectivity index (χ3v) is 3.74. The van der Waals surface area contributed by atoms with Crippen LogP contribution < -0.4 is 11.1 Å². The van der Waals surface area contributed by atoms with Crippen molar-refractivity contribution >= 4 is 11.8 Å². The summed E-state index contributed by atoms with van der Waals surface area (Å²) >= 11 is 0. The van der Waals surface area contributed by atoms with Crippen LogP contribution in [0.2, 0.25) is 0 Å². The molecule has 0 saturated carbocycles. The van der Waals surface area contributed by atoms with Crippen molar-refractivity contribution in [3.8, 4) is 0 Å². The Balaban J connectivity index is 2.26. The zero-order valence-electron chi connectivity index (χ0n) is 12.0. The Morgan fingerprint density at radius 2 is 2.00 bits per heavy atom. The lowest BCUT2D eigenvalue weighted by atomic mass is 9.96. The molecule has 19 heavy (non-hydrogen) atoms. The van der Waals surface area contributed by atoms with Crippen LogP contribution in [0.3, 0.4) is 0 Å². The SMILES string of the molecule is CNC(=O)C1CCCN(C(=O)CCCCCCN)C1. The molecule has 5 heteroatoms. The van der Waals surface area contributed by atoms with E-state index in [0.717, 1.165) is 51.6 Å². The molecule has 1 aliphatic rings. The Hall–Kier alpha value is -1.10. The summed E-state index contributed by atoms with van der Waals surface area (Å²) in [6, 6.07) is 0. The van der Waals surface area contributed by atoms with E-state index in [1.807, 2.05) is 4.90 Å². The molecule has 0 aromatic heterocycles. The first kappa shape index (κ1) is 16.0. The third-order valence-electron chi connectivity index (χ3n) is 3.74. The van der Waals surface area contributed by atoms with E-state index in [-0.39, 0.29) is 17.7 Å². The molecule has 1 rings (SSSR count). The lowest BCUT2D eigenvalue weighted by Gasteiger charge is -2.31. The average molecular weight is 269 g/mol. The van der Waals surface area contributed by atoms with Crippen LogP contribution in [0.25, 0.3) is 0 Å². The van der Waals surface area contributed by atoms with Gasteiger partial charge in [-0.3, -0.25) is 9.59 Å². The van der Waals surface area contributed by atoms with Crippen LogP contribution in [-0.2, 0) is 9.59 Å². The molecule has 1 aliphatic heterocycles. The summed E-state index contributed by atoms with van der Waals surface area (Å²) in [4.78, 5) is 25.5. The summed E-state index contributed by atoms with van der Waals surface area (Å²) < 4.78 is 0. The van der Waals surface area contributed by atoms with E-state index in [1.54, 1.807) is 7.05 Å². The number of carbonyl (C=O) groups is 2. The maximum absolute atomic E-state index is 12.1. The molecule has 110 valence electrons. The topological polar surface area (TPSA) is 75.4 Å². The maximum Gasteiger partial charge on any atom is 0.224 e. The van der Waals surface area contributed by atoms with Gasteiger partial charge in [0.05, 0.1) is 5.92 Å². The molecular weight excluding hydrogens is 242 g/mol. The van der Waals surface area contributed by atoms with E-state index in [4.69, 9.17) is 5.73 Å². The monoisotopic (exact) mass is 269 g/mol. The summed E-state index contributed by atoms with van der Waals surface area (Å²) in [7, 11) is 1.65. The van der Waals surface area contributed by atoms with Crippen LogP contribution in [-0.4, -0.2) is 43.4 Å². The van der Waals surface area contributed by atoms with Gasteiger partial charge in [-0.1, -0.05) is 12.8 Å². The van der Waals surface area contributed by atoms with Gasteiger partial charge in [0, 0.05) is 26.6 Å². The van der Waals surface area contributed by atoms with Crippen LogP contribution >= 0.6 is 0 Å². The highest BCUT2D eigenvalue weighted by Gasteiger charge is 2.27. The summed E-state index contributed by atoms with van der Waals surface area (Å²) in [6.45, 7) is 2.12. The minimum Gasteiger partial charge on any atom is -0.359 e. The molecule has 2 amide bonds. The van der Waals surface area contributed by atoms with Crippen molar-refractivity contribution in [2.75, 3.05) is 26.7 Å². The quantitative estimate of drug-likeness (QED) is 0.674. The van der Waals surface area contributed by atoms with Gasteiger partial charge in [0.1, 0.15) is 0 Å². The zero-order chi connectivity index (χ0) is 14.1. The minimum atomic E-state index is -0.0278. The molecule has 1 unspecified atom stereocenters. The predicted molar refractivity (Wildman–Crippen MR) is 75.5 cm³/mol. The summed E-state index contributed by atoms with van der Waals surface area (Å²) in [5.74, 6) is 0.224. The van der Waals surface area contributed by atoms with Crippen LogP contribution in [0.4, 0.5) is 0 Å². The largest absolute Gasteiger partial charge is 0.359 e. The number of likely N-dealkylation sites (tertiary alicyclic amines) is 1. The second kappa shape index (κ2) is 8.91. The van der Waals surface area contributed by atoms with Gasteiger partial charge in [0.25, 0.3) is 0 Å². The highest BCUT2D eigenvalue weighted by atomic mass is 16.2. The Morgan fingerprint density at radius 3 is 2.68 bits per heavy atom. The van der Waals surface area contributed by atoms with Gasteiger partial charge in [-0.2, -0.15) is 0 Å². The second-order valence-electron chi connectivity index (χ2n) is 5.25. The highest BCUT2D eigenvalue weighted by Crippen LogP contribution is 2.18. The molecule has 1 fully saturated rings. The number of nitrogens with two attached hydrogens (primary N) is 1. The predicted octanol–water partition coefficient (Wildman–Crippen LogP) is 0.880. The van der Waals surface area contributed by atoms with Gasteiger partial charge >= 0.3 is 0 Å². The fourth-order valence-corrected chi connectivity index (χ4v) is 2.55. The van der Waals surface area contributed by atoms with E-state index >= 15 is 0 Å². The number of carbonyl (C=O) groups excluding carboxylic acids is 2. The fourth-order valence-electron chi connectivity index (χ4n) is 2.55. The van der Waals surface area contributed by atoms with Crippen molar-refractivity contribution in [1.29, 1.82) is 0 Å². The van der Waals surface area contributed by atoms with Crippen LogP contribution in [0, 0.1) is 5.92 Å². The Labute approximate surface area is 115 Å². The molecule has 0 bridgehead atoms. The minimum absolute atomic E-state index is 0.0278. The lowest BCUT2D eigenvalue weighted by Crippen LogP contribution is -2.44. The molecule has 5 nitrogen and oxygen atoms in total. The first-order chi connectivity index (χ1) is 9.19. The van der Waals surface area contributed by atoms with Crippen LogP contribution in [0.5, 0.6) is 0 Å². The Bertz CT molecular complexity index is 294. The first-order valence-electron chi connectivity index (χ1n) is 7.38. The highest BCUT2D eigenvalue weighted by molar-refractivity contribution is 5.81. The van der Waals surface area contributed by atoms with Gasteiger partial charge in [-0.25, -0.2) is 0 Å². The van der Waals surface area contributed by atoms with E-state index < -0.39 is 0 Å². The summed E-state index contributed by atoms with van der Waals surface area (Å²) in [5.41, 5.74) is 5.43. The van der Waals surface area contributed by atoms with Crippen molar-refractivity contribution in [2.24, 2.45) is 11.7 Å². The molecule has 3 N–H and O–H groups in total. The van der Waals surface area contributed by atoms with Crippen molar-refractivity contribution in [3.05, 3.63) is 0 Å². The first-order valence-corrected chi connectivity index (χ1v) is 7.38. The number of rotatable bonds is 7. The number of piperidine rings is 1. The molecule has 1 heterocycles. The Kier molecular flexibility index (Phi) is 7.48. The normalized spacial score (nSPS) is 19.3. The molecule has 1 atom stereocenters. The maximum atomic E-state index is 12.1. The van der Waals surface area contributed by atoms with E-state index in [0.29, 0.717) is 13.0 Å². The van der Waals surface area contributed by atoms with Crippen LogP contribution in [0.15, 0.2) is 0 Å². The fraction of sp³-hybridized carbons (Fsp3) is 0.857. The molecule has 0 spiro atoms. The van der Waals surface area contributed by atoms with E-state index in [1.165, 1.54) is 0 Å². The molecule has 0 aromatic carbocycles. The molecule has 1 saturated heterocycles. The lowest BCUT2D eigenvalue weighted by molar-refractivity contribution is -0.135.